The summed E-state index contributed by atoms with van der Waals surface area (Å²) in [5, 5.41) is 17.4. The van der Waals surface area contributed by atoms with Crippen molar-refractivity contribution in [3.63, 3.8) is 0 Å². The van der Waals surface area contributed by atoms with Crippen molar-refractivity contribution in [2.75, 3.05) is 6.54 Å². The lowest BCUT2D eigenvalue weighted by atomic mass is 9.86. The molecule has 0 saturated heterocycles. The van der Waals surface area contributed by atoms with Gasteiger partial charge >= 0.3 is 0 Å². The minimum Gasteiger partial charge on any atom is -0.390 e. The van der Waals surface area contributed by atoms with Crippen molar-refractivity contribution in [1.82, 2.24) is 15.6 Å². The summed E-state index contributed by atoms with van der Waals surface area (Å²) in [7, 11) is 0. The average Bonchev–Trinajstić information content (AvgIpc) is 2.86. The minimum absolute atomic E-state index is 0.0790. The number of amides is 1. The van der Waals surface area contributed by atoms with Gasteiger partial charge in [0.2, 0.25) is 0 Å². The Morgan fingerprint density at radius 2 is 1.83 bits per heavy atom. The second-order valence-corrected chi connectivity index (χ2v) is 9.10. The molecule has 3 N–H and O–H groups in total. The van der Waals surface area contributed by atoms with Gasteiger partial charge in [-0.05, 0) is 78.6 Å². The van der Waals surface area contributed by atoms with Gasteiger partial charge in [0.05, 0.1) is 12.1 Å². The van der Waals surface area contributed by atoms with Crippen molar-refractivity contribution in [3.8, 4) is 0 Å². The van der Waals surface area contributed by atoms with Crippen LogP contribution in [0.1, 0.15) is 58.4 Å². The van der Waals surface area contributed by atoms with E-state index in [2.05, 4.69) is 40.7 Å². The molecular weight excluding hydrogens is 448 g/mol. The fourth-order valence-corrected chi connectivity index (χ4v) is 4.71. The van der Waals surface area contributed by atoms with Gasteiger partial charge in [-0.15, -0.1) is 0 Å². The van der Waals surface area contributed by atoms with E-state index in [-0.39, 0.29) is 24.9 Å². The molecule has 0 saturated carbocycles. The molecule has 1 aliphatic rings. The summed E-state index contributed by atoms with van der Waals surface area (Å²) >= 11 is 0. The Bertz CT molecular complexity index is 1140. The first-order valence-electron chi connectivity index (χ1n) is 12.1. The molecule has 0 spiro atoms. The number of halogens is 2. The van der Waals surface area contributed by atoms with Crippen LogP contribution in [0, 0.1) is 11.6 Å². The van der Waals surface area contributed by atoms with E-state index < -0.39 is 23.8 Å². The molecule has 0 aliphatic heterocycles. The number of hydrogen-bond donors (Lipinski definition) is 3. The Kier molecular flexibility index (Phi) is 8.21. The molecule has 4 rings (SSSR count). The van der Waals surface area contributed by atoms with Crippen molar-refractivity contribution in [2.45, 2.75) is 57.2 Å². The van der Waals surface area contributed by atoms with Gasteiger partial charge in [0.25, 0.3) is 5.91 Å². The molecule has 2 aromatic carbocycles. The number of aryl methyl sites for hydroxylation is 2. The van der Waals surface area contributed by atoms with Crippen molar-refractivity contribution in [3.05, 3.63) is 100 Å². The zero-order valence-corrected chi connectivity index (χ0v) is 19.8. The molecule has 3 aromatic rings. The van der Waals surface area contributed by atoms with Crippen LogP contribution in [-0.4, -0.2) is 34.7 Å². The smallest absolute Gasteiger partial charge is 0.251 e. The highest BCUT2D eigenvalue weighted by Crippen LogP contribution is 2.30. The number of aliphatic hydroxyl groups excluding tert-OH is 1. The molecule has 3 atom stereocenters. The maximum Gasteiger partial charge on any atom is 0.251 e. The summed E-state index contributed by atoms with van der Waals surface area (Å²) in [4.78, 5) is 16.7. The molecule has 0 bridgehead atoms. The highest BCUT2D eigenvalue weighted by atomic mass is 19.1. The number of nitrogens with one attached hydrogen (secondary N) is 2. The third kappa shape index (κ3) is 6.50. The van der Waals surface area contributed by atoms with Gasteiger partial charge in [0.15, 0.2) is 0 Å². The van der Waals surface area contributed by atoms with Crippen molar-refractivity contribution in [2.24, 2.45) is 0 Å². The van der Waals surface area contributed by atoms with Crippen molar-refractivity contribution >= 4 is 5.91 Å². The number of carbonyl (C=O) groups excluding carboxylic acids is 1. The van der Waals surface area contributed by atoms with Crippen LogP contribution in [-0.2, 0) is 19.3 Å². The van der Waals surface area contributed by atoms with Crippen LogP contribution in [0.5, 0.6) is 0 Å². The molecule has 1 aliphatic carbocycles. The number of aromatic nitrogens is 1. The van der Waals surface area contributed by atoms with Gasteiger partial charge < -0.3 is 15.7 Å². The van der Waals surface area contributed by atoms with Crippen LogP contribution in [0.2, 0.25) is 0 Å². The van der Waals surface area contributed by atoms with Crippen LogP contribution in [0.25, 0.3) is 0 Å². The highest BCUT2D eigenvalue weighted by Gasteiger charge is 2.26. The predicted octanol–water partition coefficient (Wildman–Crippen LogP) is 4.29. The van der Waals surface area contributed by atoms with E-state index in [0.29, 0.717) is 11.1 Å². The number of benzene rings is 2. The Labute approximate surface area is 204 Å². The Morgan fingerprint density at radius 3 is 2.54 bits per heavy atom. The molecule has 35 heavy (non-hydrogen) atoms. The van der Waals surface area contributed by atoms with E-state index >= 15 is 0 Å². The third-order valence-corrected chi connectivity index (χ3v) is 6.61. The molecule has 7 heteroatoms. The van der Waals surface area contributed by atoms with Crippen molar-refractivity contribution in [1.29, 1.82) is 0 Å². The lowest BCUT2D eigenvalue weighted by Crippen LogP contribution is -2.49. The van der Waals surface area contributed by atoms with Gasteiger partial charge in [-0.3, -0.25) is 9.78 Å². The standard InChI is InChI=1S/C28H31F2N3O2/c1-2-18-6-7-20-4-3-5-25(24(20)14-18)32-17-27(34)26(15-19-12-22(29)16-23(30)13-19)33-28(35)21-8-10-31-11-9-21/h6-14,16,25-27,32,34H,2-5,15,17H2,1H3,(H,33,35)/t25-,26?,27?/m0/s1. The summed E-state index contributed by atoms with van der Waals surface area (Å²) in [5.41, 5.74) is 4.60. The summed E-state index contributed by atoms with van der Waals surface area (Å²) in [6, 6.07) is 12.3. The number of hydrogen-bond acceptors (Lipinski definition) is 4. The van der Waals surface area contributed by atoms with E-state index in [1.54, 1.807) is 12.1 Å². The Hall–Kier alpha value is -3.16. The topological polar surface area (TPSA) is 74.2 Å². The normalized spacial score (nSPS) is 16.9. The number of carbonyl (C=O) groups is 1. The van der Waals surface area contributed by atoms with Crippen molar-refractivity contribution < 1.29 is 18.7 Å². The molecular formula is C28H31F2N3O2. The molecule has 1 heterocycles. The number of rotatable bonds is 9. The van der Waals surface area contributed by atoms with Gasteiger partial charge in [-0.25, -0.2) is 8.78 Å². The molecule has 5 nitrogen and oxygen atoms in total. The fraction of sp³-hybridized carbons (Fsp3) is 0.357. The van der Waals surface area contributed by atoms with Crippen LogP contribution in [0.15, 0.2) is 60.9 Å². The first-order valence-corrected chi connectivity index (χ1v) is 12.1. The van der Waals surface area contributed by atoms with E-state index in [0.717, 1.165) is 31.7 Å². The second-order valence-electron chi connectivity index (χ2n) is 9.10. The SMILES string of the molecule is CCc1ccc2c(c1)[C@@H](NCC(O)C(Cc1cc(F)cc(F)c1)NC(=O)c1ccncc1)CCC2. The molecule has 1 amide bonds. The Balaban J connectivity index is 1.50. The predicted molar refractivity (Wildman–Crippen MR) is 131 cm³/mol. The number of pyridine rings is 1. The number of nitrogens with zero attached hydrogens (tertiary/aromatic N) is 1. The second kappa shape index (κ2) is 11.5. The lowest BCUT2D eigenvalue weighted by Gasteiger charge is -2.30. The average molecular weight is 480 g/mol. The number of fused-ring (bicyclic) bond motifs is 1. The van der Waals surface area contributed by atoms with Crippen LogP contribution < -0.4 is 10.6 Å². The first-order chi connectivity index (χ1) is 16.9. The summed E-state index contributed by atoms with van der Waals surface area (Å²) in [6.45, 7) is 2.35. The van der Waals surface area contributed by atoms with Gasteiger partial charge in [-0.1, -0.05) is 25.1 Å². The maximum atomic E-state index is 13.8. The van der Waals surface area contributed by atoms with E-state index in [9.17, 15) is 18.7 Å². The van der Waals surface area contributed by atoms with Gasteiger partial charge in [-0.2, -0.15) is 0 Å². The highest BCUT2D eigenvalue weighted by molar-refractivity contribution is 5.94. The maximum absolute atomic E-state index is 13.8. The molecule has 184 valence electrons. The van der Waals surface area contributed by atoms with Crippen LogP contribution in [0.3, 0.4) is 0 Å². The molecule has 0 fully saturated rings. The monoisotopic (exact) mass is 479 g/mol. The molecule has 1 aromatic heterocycles. The third-order valence-electron chi connectivity index (χ3n) is 6.61. The minimum atomic E-state index is -0.980. The van der Waals surface area contributed by atoms with E-state index in [1.807, 2.05) is 0 Å². The quantitative estimate of drug-likeness (QED) is 0.428. The largest absolute Gasteiger partial charge is 0.390 e. The Morgan fingerprint density at radius 1 is 1.09 bits per heavy atom. The zero-order chi connectivity index (χ0) is 24.8. The molecule has 2 unspecified atom stereocenters. The summed E-state index contributed by atoms with van der Waals surface area (Å²) < 4.78 is 27.6. The van der Waals surface area contributed by atoms with Crippen LogP contribution in [0.4, 0.5) is 8.78 Å². The fourth-order valence-electron chi connectivity index (χ4n) is 4.71. The van der Waals surface area contributed by atoms with Gasteiger partial charge in [0, 0.05) is 36.6 Å². The zero-order valence-electron chi connectivity index (χ0n) is 19.8. The first kappa shape index (κ1) is 24.9. The van der Waals surface area contributed by atoms with E-state index in [1.165, 1.54) is 41.2 Å². The summed E-state index contributed by atoms with van der Waals surface area (Å²) in [6.07, 6.45) is 6.12. The summed E-state index contributed by atoms with van der Waals surface area (Å²) in [5.74, 6) is -1.78. The van der Waals surface area contributed by atoms with Crippen LogP contribution >= 0.6 is 0 Å². The van der Waals surface area contributed by atoms with E-state index in [4.69, 9.17) is 0 Å². The molecule has 0 radical (unpaired) electrons. The number of aliphatic hydroxyl groups is 1. The van der Waals surface area contributed by atoms with Gasteiger partial charge in [0.1, 0.15) is 11.6 Å². The lowest BCUT2D eigenvalue weighted by molar-refractivity contribution is 0.0822.